The lowest BCUT2D eigenvalue weighted by molar-refractivity contribution is 0.222. The van der Waals surface area contributed by atoms with Crippen LogP contribution < -0.4 is 5.32 Å². The van der Waals surface area contributed by atoms with Gasteiger partial charge in [0.2, 0.25) is 0 Å². The van der Waals surface area contributed by atoms with E-state index >= 15 is 0 Å². The Bertz CT molecular complexity index is 152. The van der Waals surface area contributed by atoms with Crippen molar-refractivity contribution in [1.82, 2.24) is 10.2 Å². The lowest BCUT2D eigenvalue weighted by atomic mass is 9.81. The summed E-state index contributed by atoms with van der Waals surface area (Å²) in [6, 6.07) is 1.63. The largest absolute Gasteiger partial charge is 0.310 e. The SMILES string of the molecule is CC1CC(N[C@H]2CCN(C)C2)C1. The number of hydrogen-bond donors (Lipinski definition) is 1. The van der Waals surface area contributed by atoms with E-state index in [9.17, 15) is 0 Å². The second-order valence-corrected chi connectivity index (χ2v) is 4.69. The first kappa shape index (κ1) is 8.52. The molecule has 0 amide bonds. The predicted molar refractivity (Wildman–Crippen MR) is 51.2 cm³/mol. The van der Waals surface area contributed by atoms with Crippen molar-refractivity contribution in [3.05, 3.63) is 0 Å². The first-order valence-electron chi connectivity index (χ1n) is 5.18. The molecule has 1 atom stereocenters. The van der Waals surface area contributed by atoms with Crippen molar-refractivity contribution in [3.63, 3.8) is 0 Å². The molecular formula is C10H20N2. The van der Waals surface area contributed by atoms with E-state index in [1.807, 2.05) is 0 Å². The van der Waals surface area contributed by atoms with Gasteiger partial charge in [-0.3, -0.25) is 0 Å². The Morgan fingerprint density at radius 3 is 2.50 bits per heavy atom. The smallest absolute Gasteiger partial charge is 0.0209 e. The van der Waals surface area contributed by atoms with Gasteiger partial charge in [-0.15, -0.1) is 0 Å². The predicted octanol–water partition coefficient (Wildman–Crippen LogP) is 1.08. The van der Waals surface area contributed by atoms with Crippen LogP contribution in [0.3, 0.4) is 0 Å². The summed E-state index contributed by atoms with van der Waals surface area (Å²) >= 11 is 0. The van der Waals surface area contributed by atoms with E-state index in [0.29, 0.717) is 0 Å². The van der Waals surface area contributed by atoms with Crippen LogP contribution >= 0.6 is 0 Å². The van der Waals surface area contributed by atoms with Crippen molar-refractivity contribution < 1.29 is 0 Å². The highest BCUT2D eigenvalue weighted by molar-refractivity contribution is 4.88. The zero-order chi connectivity index (χ0) is 8.55. The van der Waals surface area contributed by atoms with Crippen molar-refractivity contribution in [2.75, 3.05) is 20.1 Å². The third kappa shape index (κ3) is 1.80. The maximum atomic E-state index is 3.73. The van der Waals surface area contributed by atoms with Gasteiger partial charge in [0.05, 0.1) is 0 Å². The van der Waals surface area contributed by atoms with Gasteiger partial charge >= 0.3 is 0 Å². The van der Waals surface area contributed by atoms with Crippen molar-refractivity contribution in [2.24, 2.45) is 5.92 Å². The second kappa shape index (κ2) is 3.35. The normalized spacial score (nSPS) is 43.0. The standard InChI is InChI=1S/C10H20N2/c1-8-5-10(6-8)11-9-3-4-12(2)7-9/h8-11H,3-7H2,1-2H3/t8?,9-,10?/m0/s1. The van der Waals surface area contributed by atoms with Gasteiger partial charge in [0.25, 0.3) is 0 Å². The molecule has 0 aromatic heterocycles. The van der Waals surface area contributed by atoms with E-state index in [2.05, 4.69) is 24.2 Å². The Kier molecular flexibility index (Phi) is 2.37. The van der Waals surface area contributed by atoms with Crippen LogP contribution in [0, 0.1) is 5.92 Å². The van der Waals surface area contributed by atoms with Crippen molar-refractivity contribution >= 4 is 0 Å². The third-order valence-corrected chi connectivity index (χ3v) is 3.24. The Labute approximate surface area is 75.3 Å². The molecule has 12 heavy (non-hydrogen) atoms. The number of hydrogen-bond acceptors (Lipinski definition) is 2. The summed E-state index contributed by atoms with van der Waals surface area (Å²) in [5.41, 5.74) is 0. The Hall–Kier alpha value is -0.0800. The van der Waals surface area contributed by atoms with E-state index in [0.717, 1.165) is 18.0 Å². The lowest BCUT2D eigenvalue weighted by Gasteiger charge is -2.35. The molecule has 1 saturated heterocycles. The summed E-state index contributed by atoms with van der Waals surface area (Å²) < 4.78 is 0. The van der Waals surface area contributed by atoms with Gasteiger partial charge in [-0.1, -0.05) is 6.92 Å². The van der Waals surface area contributed by atoms with Gasteiger partial charge in [0, 0.05) is 18.6 Å². The van der Waals surface area contributed by atoms with Crippen LogP contribution in [0.1, 0.15) is 26.2 Å². The van der Waals surface area contributed by atoms with Gasteiger partial charge in [0.1, 0.15) is 0 Å². The molecule has 70 valence electrons. The van der Waals surface area contributed by atoms with Crippen LogP contribution in [0.5, 0.6) is 0 Å². The molecule has 2 aliphatic rings. The fourth-order valence-corrected chi connectivity index (χ4v) is 2.44. The molecule has 0 radical (unpaired) electrons. The number of rotatable bonds is 2. The Morgan fingerprint density at radius 1 is 1.25 bits per heavy atom. The fourth-order valence-electron chi connectivity index (χ4n) is 2.44. The monoisotopic (exact) mass is 168 g/mol. The van der Waals surface area contributed by atoms with Gasteiger partial charge in [-0.25, -0.2) is 0 Å². The first-order chi connectivity index (χ1) is 5.74. The van der Waals surface area contributed by atoms with Gasteiger partial charge in [0.15, 0.2) is 0 Å². The molecule has 1 N–H and O–H groups in total. The first-order valence-corrected chi connectivity index (χ1v) is 5.18. The molecule has 0 unspecified atom stereocenters. The third-order valence-electron chi connectivity index (χ3n) is 3.24. The summed E-state index contributed by atoms with van der Waals surface area (Å²) in [6.45, 7) is 4.88. The van der Waals surface area contributed by atoms with Crippen molar-refractivity contribution in [3.8, 4) is 0 Å². The highest BCUT2D eigenvalue weighted by Gasteiger charge is 2.29. The average molecular weight is 168 g/mol. The summed E-state index contributed by atoms with van der Waals surface area (Å²) in [6.07, 6.45) is 4.15. The molecule has 0 bridgehead atoms. The summed E-state index contributed by atoms with van der Waals surface area (Å²) in [4.78, 5) is 2.42. The van der Waals surface area contributed by atoms with Crippen LogP contribution in [-0.4, -0.2) is 37.1 Å². The molecule has 1 aliphatic heterocycles. The van der Waals surface area contributed by atoms with Gasteiger partial charge in [-0.2, -0.15) is 0 Å². The average Bonchev–Trinajstić information content (AvgIpc) is 2.33. The zero-order valence-electron chi connectivity index (χ0n) is 8.21. The van der Waals surface area contributed by atoms with Crippen LogP contribution in [0.25, 0.3) is 0 Å². The minimum Gasteiger partial charge on any atom is -0.310 e. The minimum atomic E-state index is 0.785. The molecule has 0 aromatic carbocycles. The topological polar surface area (TPSA) is 15.3 Å². The number of nitrogens with one attached hydrogen (secondary N) is 1. The molecule has 2 heteroatoms. The molecule has 2 rings (SSSR count). The molecule has 1 aliphatic carbocycles. The highest BCUT2D eigenvalue weighted by Crippen LogP contribution is 2.27. The molecule has 2 fully saturated rings. The van der Waals surface area contributed by atoms with Crippen LogP contribution in [-0.2, 0) is 0 Å². The molecule has 0 aromatic rings. The second-order valence-electron chi connectivity index (χ2n) is 4.69. The number of nitrogens with zero attached hydrogens (tertiary/aromatic N) is 1. The molecule has 1 saturated carbocycles. The molecular weight excluding hydrogens is 148 g/mol. The summed E-state index contributed by atoms with van der Waals surface area (Å²) in [7, 11) is 2.21. The van der Waals surface area contributed by atoms with E-state index in [1.54, 1.807) is 0 Å². The van der Waals surface area contributed by atoms with E-state index in [4.69, 9.17) is 0 Å². The molecule has 2 nitrogen and oxygen atoms in total. The summed E-state index contributed by atoms with van der Waals surface area (Å²) in [5.74, 6) is 0.974. The number of likely N-dealkylation sites (N-methyl/N-ethyl adjacent to an activating group) is 1. The van der Waals surface area contributed by atoms with E-state index < -0.39 is 0 Å². The maximum absolute atomic E-state index is 3.73. The van der Waals surface area contributed by atoms with Gasteiger partial charge < -0.3 is 10.2 Å². The molecule has 0 spiro atoms. The van der Waals surface area contributed by atoms with E-state index in [-0.39, 0.29) is 0 Å². The van der Waals surface area contributed by atoms with Crippen LogP contribution in [0.15, 0.2) is 0 Å². The number of likely N-dealkylation sites (tertiary alicyclic amines) is 1. The van der Waals surface area contributed by atoms with Crippen molar-refractivity contribution in [1.29, 1.82) is 0 Å². The highest BCUT2D eigenvalue weighted by atomic mass is 15.2. The zero-order valence-corrected chi connectivity index (χ0v) is 8.21. The van der Waals surface area contributed by atoms with Gasteiger partial charge in [-0.05, 0) is 38.8 Å². The van der Waals surface area contributed by atoms with E-state index in [1.165, 1.54) is 32.4 Å². The minimum absolute atomic E-state index is 0.785. The van der Waals surface area contributed by atoms with Crippen molar-refractivity contribution in [2.45, 2.75) is 38.3 Å². The fraction of sp³-hybridized carbons (Fsp3) is 1.00. The van der Waals surface area contributed by atoms with Crippen LogP contribution in [0.4, 0.5) is 0 Å². The Balaban J connectivity index is 1.67. The van der Waals surface area contributed by atoms with Crippen LogP contribution in [0.2, 0.25) is 0 Å². The molecule has 1 heterocycles. The summed E-state index contributed by atoms with van der Waals surface area (Å²) in [5, 5.41) is 3.73. The maximum Gasteiger partial charge on any atom is 0.0209 e. The Morgan fingerprint density at radius 2 is 2.00 bits per heavy atom. The lowest BCUT2D eigenvalue weighted by Crippen LogP contribution is -2.46. The quantitative estimate of drug-likeness (QED) is 0.663.